The number of aryl methyl sites for hydroxylation is 1. The van der Waals surface area contributed by atoms with Gasteiger partial charge in [-0.3, -0.25) is 9.59 Å². The first-order chi connectivity index (χ1) is 15.3. The Bertz CT molecular complexity index is 890. The minimum Gasteiger partial charge on any atom is -0.354 e. The van der Waals surface area contributed by atoms with E-state index < -0.39 is 6.04 Å². The summed E-state index contributed by atoms with van der Waals surface area (Å²) < 4.78 is 0. The molecule has 32 heavy (non-hydrogen) atoms. The summed E-state index contributed by atoms with van der Waals surface area (Å²) in [5.74, 6) is 0.716. The number of carbonyl (C=O) groups excluding carboxylic acids is 2. The van der Waals surface area contributed by atoms with Crippen molar-refractivity contribution in [1.29, 1.82) is 0 Å². The molecular weight excluding hydrogens is 463 g/mol. The van der Waals surface area contributed by atoms with Crippen LogP contribution < -0.4 is 5.32 Å². The van der Waals surface area contributed by atoms with Crippen molar-refractivity contribution < 1.29 is 9.59 Å². The molecule has 0 aliphatic heterocycles. The molecule has 2 aromatic rings. The van der Waals surface area contributed by atoms with Gasteiger partial charge in [-0.1, -0.05) is 79.4 Å². The summed E-state index contributed by atoms with van der Waals surface area (Å²) in [5.41, 5.74) is 3.10. The maximum atomic E-state index is 13.2. The van der Waals surface area contributed by atoms with Crippen LogP contribution in [0.3, 0.4) is 0 Å². The largest absolute Gasteiger partial charge is 0.354 e. The molecular formula is C25H32Cl2N2O2S. The van der Waals surface area contributed by atoms with E-state index >= 15 is 0 Å². The van der Waals surface area contributed by atoms with Gasteiger partial charge in [0.1, 0.15) is 6.04 Å². The fraction of sp³-hybridized carbons (Fsp3) is 0.440. The van der Waals surface area contributed by atoms with Gasteiger partial charge in [0.2, 0.25) is 11.8 Å². The fourth-order valence-corrected chi connectivity index (χ4v) is 4.75. The summed E-state index contributed by atoms with van der Waals surface area (Å²) in [6.45, 7) is 7.09. The summed E-state index contributed by atoms with van der Waals surface area (Å²) in [6.07, 6.45) is 2.49. The van der Waals surface area contributed by atoms with E-state index in [0.717, 1.165) is 29.5 Å². The average molecular weight is 496 g/mol. The Labute approximate surface area is 206 Å². The molecule has 2 aromatic carbocycles. The first kappa shape index (κ1) is 26.6. The molecule has 1 N–H and O–H groups in total. The zero-order chi connectivity index (χ0) is 23.5. The van der Waals surface area contributed by atoms with Crippen LogP contribution in [-0.4, -0.2) is 35.1 Å². The standard InChI is InChI=1S/C25H32Cl2N2O2S/c1-4-6-13-28-25(31)23(5-2)29(15-19-9-7-18(3)8-10-19)24(30)17-32-16-20-11-12-21(26)14-22(20)27/h7-12,14,23H,4-6,13,15-17H2,1-3H3,(H,28,31). The lowest BCUT2D eigenvalue weighted by Crippen LogP contribution is -2.49. The Hall–Kier alpha value is -1.69. The maximum absolute atomic E-state index is 13.2. The Morgan fingerprint density at radius 3 is 2.44 bits per heavy atom. The van der Waals surface area contributed by atoms with Crippen molar-refractivity contribution in [1.82, 2.24) is 10.2 Å². The van der Waals surface area contributed by atoms with Crippen LogP contribution in [0.4, 0.5) is 0 Å². The highest BCUT2D eigenvalue weighted by Gasteiger charge is 2.28. The molecule has 0 fully saturated rings. The number of nitrogens with zero attached hydrogens (tertiary/aromatic N) is 1. The number of benzene rings is 2. The molecule has 0 radical (unpaired) electrons. The van der Waals surface area contributed by atoms with Gasteiger partial charge in [0.05, 0.1) is 5.75 Å². The number of amides is 2. The third-order valence-electron chi connectivity index (χ3n) is 5.19. The number of nitrogens with one attached hydrogen (secondary N) is 1. The Morgan fingerprint density at radius 1 is 1.09 bits per heavy atom. The van der Waals surface area contributed by atoms with Crippen molar-refractivity contribution in [3.8, 4) is 0 Å². The molecule has 0 bridgehead atoms. The SMILES string of the molecule is CCCCNC(=O)C(CC)N(Cc1ccc(C)cc1)C(=O)CSCc1ccc(Cl)cc1Cl. The number of hydrogen-bond acceptors (Lipinski definition) is 3. The van der Waals surface area contributed by atoms with Gasteiger partial charge in [-0.2, -0.15) is 0 Å². The van der Waals surface area contributed by atoms with E-state index in [0.29, 0.717) is 35.3 Å². The van der Waals surface area contributed by atoms with Gasteiger partial charge in [-0.25, -0.2) is 0 Å². The van der Waals surface area contributed by atoms with E-state index in [-0.39, 0.29) is 17.6 Å². The van der Waals surface area contributed by atoms with Gasteiger partial charge in [0.25, 0.3) is 0 Å². The molecule has 0 aliphatic carbocycles. The van der Waals surface area contributed by atoms with Gasteiger partial charge in [0, 0.05) is 28.9 Å². The van der Waals surface area contributed by atoms with Crippen LogP contribution in [0.15, 0.2) is 42.5 Å². The van der Waals surface area contributed by atoms with E-state index in [1.54, 1.807) is 17.0 Å². The average Bonchev–Trinajstić information content (AvgIpc) is 2.76. The molecule has 1 atom stereocenters. The molecule has 2 rings (SSSR count). The highest BCUT2D eigenvalue weighted by Crippen LogP contribution is 2.25. The molecule has 0 heterocycles. The maximum Gasteiger partial charge on any atom is 0.242 e. The molecule has 0 spiro atoms. The number of thioether (sulfide) groups is 1. The lowest BCUT2D eigenvalue weighted by Gasteiger charge is -2.30. The molecule has 1 unspecified atom stereocenters. The van der Waals surface area contributed by atoms with Crippen molar-refractivity contribution in [2.24, 2.45) is 0 Å². The van der Waals surface area contributed by atoms with Gasteiger partial charge < -0.3 is 10.2 Å². The molecule has 2 amide bonds. The smallest absolute Gasteiger partial charge is 0.242 e. The van der Waals surface area contributed by atoms with Gasteiger partial charge in [-0.05, 0) is 43.0 Å². The van der Waals surface area contributed by atoms with Gasteiger partial charge >= 0.3 is 0 Å². The normalized spacial score (nSPS) is 11.8. The van der Waals surface area contributed by atoms with Crippen molar-refractivity contribution in [3.63, 3.8) is 0 Å². The number of hydrogen-bond donors (Lipinski definition) is 1. The molecule has 0 aromatic heterocycles. The molecule has 174 valence electrons. The third-order valence-corrected chi connectivity index (χ3v) is 6.74. The first-order valence-electron chi connectivity index (χ1n) is 11.0. The second-order valence-electron chi connectivity index (χ2n) is 7.80. The Kier molecular flexibility index (Phi) is 11.4. The highest BCUT2D eigenvalue weighted by molar-refractivity contribution is 7.99. The second-order valence-corrected chi connectivity index (χ2v) is 9.63. The van der Waals surface area contributed by atoms with Gasteiger partial charge in [0.15, 0.2) is 0 Å². The highest BCUT2D eigenvalue weighted by atomic mass is 35.5. The van der Waals surface area contributed by atoms with Crippen LogP contribution in [-0.2, 0) is 21.9 Å². The summed E-state index contributed by atoms with van der Waals surface area (Å²) in [6, 6.07) is 13.0. The van der Waals surface area contributed by atoms with Gasteiger partial charge in [-0.15, -0.1) is 11.8 Å². The quantitative estimate of drug-likeness (QED) is 0.354. The minimum absolute atomic E-state index is 0.0573. The zero-order valence-electron chi connectivity index (χ0n) is 19.0. The number of unbranched alkanes of at least 4 members (excludes halogenated alkanes) is 1. The third kappa shape index (κ3) is 8.34. The van der Waals surface area contributed by atoms with E-state index in [2.05, 4.69) is 12.2 Å². The second kappa shape index (κ2) is 13.8. The molecule has 0 saturated heterocycles. The van der Waals surface area contributed by atoms with Crippen LogP contribution in [0.1, 0.15) is 49.8 Å². The topological polar surface area (TPSA) is 49.4 Å². The number of rotatable bonds is 12. The Balaban J connectivity index is 2.11. The van der Waals surface area contributed by atoms with Crippen LogP contribution in [0.25, 0.3) is 0 Å². The monoisotopic (exact) mass is 494 g/mol. The van der Waals surface area contributed by atoms with Crippen LogP contribution in [0.2, 0.25) is 10.0 Å². The lowest BCUT2D eigenvalue weighted by molar-refractivity contribution is -0.139. The number of carbonyl (C=O) groups is 2. The van der Waals surface area contributed by atoms with Crippen LogP contribution in [0.5, 0.6) is 0 Å². The van der Waals surface area contributed by atoms with Crippen molar-refractivity contribution in [2.75, 3.05) is 12.3 Å². The minimum atomic E-state index is -0.500. The molecule has 7 heteroatoms. The first-order valence-corrected chi connectivity index (χ1v) is 12.9. The predicted molar refractivity (Wildman–Crippen MR) is 136 cm³/mol. The lowest BCUT2D eigenvalue weighted by atomic mass is 10.1. The van der Waals surface area contributed by atoms with E-state index in [9.17, 15) is 9.59 Å². The van der Waals surface area contributed by atoms with Crippen LogP contribution in [0, 0.1) is 6.92 Å². The fourth-order valence-electron chi connectivity index (χ4n) is 3.29. The van der Waals surface area contributed by atoms with E-state index in [4.69, 9.17) is 23.2 Å². The molecule has 0 saturated carbocycles. The van der Waals surface area contributed by atoms with Crippen molar-refractivity contribution in [2.45, 2.75) is 58.4 Å². The summed E-state index contributed by atoms with van der Waals surface area (Å²) in [7, 11) is 0. The van der Waals surface area contributed by atoms with Crippen LogP contribution >= 0.6 is 35.0 Å². The number of halogens is 2. The Morgan fingerprint density at radius 2 is 1.81 bits per heavy atom. The van der Waals surface area contributed by atoms with Crippen molar-refractivity contribution >= 4 is 46.8 Å². The molecule has 0 aliphatic rings. The van der Waals surface area contributed by atoms with Crippen molar-refractivity contribution in [3.05, 3.63) is 69.2 Å². The summed E-state index contributed by atoms with van der Waals surface area (Å²) >= 11 is 13.7. The molecule has 4 nitrogen and oxygen atoms in total. The summed E-state index contributed by atoms with van der Waals surface area (Å²) in [5, 5.41) is 4.17. The van der Waals surface area contributed by atoms with E-state index in [1.807, 2.05) is 44.2 Å². The summed E-state index contributed by atoms with van der Waals surface area (Å²) in [4.78, 5) is 27.8. The predicted octanol–water partition coefficient (Wildman–Crippen LogP) is 6.26. The van der Waals surface area contributed by atoms with E-state index in [1.165, 1.54) is 11.8 Å². The zero-order valence-corrected chi connectivity index (χ0v) is 21.3.